The van der Waals surface area contributed by atoms with Crippen LogP contribution in [0.3, 0.4) is 0 Å². The van der Waals surface area contributed by atoms with Crippen LogP contribution < -0.4 is 0 Å². The fraction of sp³-hybridized carbons (Fsp3) is 0.0769. The number of hydrogen-bond donors (Lipinski definition) is 0. The van der Waals surface area contributed by atoms with Crippen LogP contribution in [0.25, 0.3) is 21.8 Å². The Hall–Kier alpha value is -4.64. The van der Waals surface area contributed by atoms with E-state index < -0.39 is 33.0 Å². The molecule has 2 aromatic heterocycles. The molecule has 12 heteroatoms. The Morgan fingerprint density at radius 2 is 1.32 bits per heavy atom. The molecule has 3 aromatic carbocycles. The summed E-state index contributed by atoms with van der Waals surface area (Å²) >= 11 is 5.65. The molecule has 0 unspecified atom stereocenters. The van der Waals surface area contributed by atoms with Crippen LogP contribution >= 0.6 is 11.6 Å². The van der Waals surface area contributed by atoms with E-state index in [1.807, 2.05) is 0 Å². The van der Waals surface area contributed by atoms with Crippen LogP contribution in [0.2, 0.25) is 5.15 Å². The second-order valence-electron chi connectivity index (χ2n) is 7.96. The SMILES string of the molecule is O=[N+]([O-])c1c(Cc2ccccc2)c(C(F)(F)F)nc2ccccc12.O=[N+]([O-])c1cc(Cl)nc2ccccc12. The van der Waals surface area contributed by atoms with Crippen molar-refractivity contribution >= 4 is 44.8 Å². The predicted octanol–water partition coefficient (Wildman–Crippen LogP) is 7.55. The van der Waals surface area contributed by atoms with Crippen molar-refractivity contribution in [2.75, 3.05) is 0 Å². The smallest absolute Gasteiger partial charge is 0.258 e. The number of nitrogens with zero attached hydrogens (tertiary/aromatic N) is 4. The van der Waals surface area contributed by atoms with Crippen LogP contribution in [0.15, 0.2) is 84.9 Å². The zero-order valence-electron chi connectivity index (χ0n) is 19.2. The molecule has 0 saturated heterocycles. The maximum Gasteiger partial charge on any atom is 0.433 e. The number of rotatable bonds is 4. The average molecular weight is 541 g/mol. The zero-order valence-corrected chi connectivity index (χ0v) is 20.0. The van der Waals surface area contributed by atoms with E-state index in [2.05, 4.69) is 9.97 Å². The molecule has 5 rings (SSSR count). The minimum Gasteiger partial charge on any atom is -0.258 e. The van der Waals surface area contributed by atoms with E-state index in [4.69, 9.17) is 11.6 Å². The third-order valence-corrected chi connectivity index (χ3v) is 5.69. The zero-order chi connectivity index (χ0) is 27.4. The van der Waals surface area contributed by atoms with Crippen LogP contribution in [0, 0.1) is 20.2 Å². The summed E-state index contributed by atoms with van der Waals surface area (Å²) in [5, 5.41) is 22.9. The summed E-state index contributed by atoms with van der Waals surface area (Å²) in [7, 11) is 0. The van der Waals surface area contributed by atoms with Gasteiger partial charge in [-0.25, -0.2) is 9.97 Å². The summed E-state index contributed by atoms with van der Waals surface area (Å²) in [6.07, 6.45) is -5.00. The van der Waals surface area contributed by atoms with Crippen LogP contribution in [0.1, 0.15) is 16.8 Å². The molecule has 0 aliphatic heterocycles. The molecule has 0 atom stereocenters. The lowest BCUT2D eigenvalue weighted by Crippen LogP contribution is -2.15. The standard InChI is InChI=1S/C17H11F3N2O2.C9H5ClN2O2/c18-17(19,20)16-13(10-11-6-2-1-3-7-11)15(22(23)24)12-8-4-5-9-14(12)21-16;10-9-5-8(12(13)14)6-3-1-2-4-7(6)11-9/h1-9H,10H2;1-5H. The summed E-state index contributed by atoms with van der Waals surface area (Å²) in [5.74, 6) is 0. The van der Waals surface area contributed by atoms with Gasteiger partial charge in [0.25, 0.3) is 11.4 Å². The molecule has 0 aliphatic rings. The fourth-order valence-electron chi connectivity index (χ4n) is 3.92. The van der Waals surface area contributed by atoms with Crippen LogP contribution in [-0.4, -0.2) is 19.8 Å². The summed E-state index contributed by atoms with van der Waals surface area (Å²) in [5.41, 5.74) is -1.16. The number of aromatic nitrogens is 2. The fourth-order valence-corrected chi connectivity index (χ4v) is 4.12. The monoisotopic (exact) mass is 540 g/mol. The minimum absolute atomic E-state index is 0.0133. The third-order valence-electron chi connectivity index (χ3n) is 5.50. The normalized spacial score (nSPS) is 11.2. The first kappa shape index (κ1) is 26.4. The molecule has 0 N–H and O–H groups in total. The van der Waals surface area contributed by atoms with Gasteiger partial charge in [-0.15, -0.1) is 0 Å². The lowest BCUT2D eigenvalue weighted by atomic mass is 9.98. The number of hydrogen-bond acceptors (Lipinski definition) is 6. The van der Waals surface area contributed by atoms with Gasteiger partial charge in [0.15, 0.2) is 5.69 Å². The van der Waals surface area contributed by atoms with E-state index in [1.165, 1.54) is 30.3 Å². The lowest BCUT2D eigenvalue weighted by molar-refractivity contribution is -0.384. The number of fused-ring (bicyclic) bond motifs is 2. The third kappa shape index (κ3) is 5.68. The number of alkyl halides is 3. The van der Waals surface area contributed by atoms with Gasteiger partial charge >= 0.3 is 6.18 Å². The highest BCUT2D eigenvalue weighted by Gasteiger charge is 2.40. The molecule has 2 heterocycles. The van der Waals surface area contributed by atoms with Gasteiger partial charge < -0.3 is 0 Å². The Kier molecular flexibility index (Phi) is 7.49. The van der Waals surface area contributed by atoms with Crippen molar-refractivity contribution in [1.82, 2.24) is 9.97 Å². The number of nitro groups is 2. The van der Waals surface area contributed by atoms with Gasteiger partial charge in [-0.05, 0) is 29.8 Å². The van der Waals surface area contributed by atoms with Crippen molar-refractivity contribution in [2.45, 2.75) is 12.6 Å². The molecule has 38 heavy (non-hydrogen) atoms. The maximum absolute atomic E-state index is 13.4. The first-order chi connectivity index (χ1) is 18.1. The van der Waals surface area contributed by atoms with E-state index in [9.17, 15) is 33.4 Å². The molecule has 5 aromatic rings. The van der Waals surface area contributed by atoms with E-state index >= 15 is 0 Å². The predicted molar refractivity (Wildman–Crippen MR) is 136 cm³/mol. The Morgan fingerprint density at radius 3 is 1.89 bits per heavy atom. The lowest BCUT2D eigenvalue weighted by Gasteiger charge is -2.14. The molecular formula is C26H16ClF3N4O4. The van der Waals surface area contributed by atoms with Crippen molar-refractivity contribution in [3.05, 3.63) is 127 Å². The summed E-state index contributed by atoms with van der Waals surface area (Å²) in [6.45, 7) is 0. The molecule has 0 fully saturated rings. The van der Waals surface area contributed by atoms with Gasteiger partial charge in [-0.1, -0.05) is 66.2 Å². The largest absolute Gasteiger partial charge is 0.433 e. The highest BCUT2D eigenvalue weighted by atomic mass is 35.5. The highest BCUT2D eigenvalue weighted by Crippen LogP contribution is 2.39. The summed E-state index contributed by atoms with van der Waals surface area (Å²) in [6, 6.07) is 22.2. The van der Waals surface area contributed by atoms with Crippen LogP contribution in [-0.2, 0) is 12.6 Å². The number of pyridine rings is 2. The Morgan fingerprint density at radius 1 is 0.763 bits per heavy atom. The van der Waals surface area contributed by atoms with Gasteiger partial charge in [-0.3, -0.25) is 20.2 Å². The van der Waals surface area contributed by atoms with Crippen molar-refractivity contribution < 1.29 is 23.0 Å². The average Bonchev–Trinajstić information content (AvgIpc) is 2.87. The number of para-hydroxylation sites is 2. The van der Waals surface area contributed by atoms with Gasteiger partial charge in [0.1, 0.15) is 5.15 Å². The summed E-state index contributed by atoms with van der Waals surface area (Å²) < 4.78 is 40.3. The van der Waals surface area contributed by atoms with Gasteiger partial charge in [0.2, 0.25) is 0 Å². The molecule has 0 radical (unpaired) electrons. The summed E-state index contributed by atoms with van der Waals surface area (Å²) in [4.78, 5) is 28.6. The second-order valence-corrected chi connectivity index (χ2v) is 8.35. The van der Waals surface area contributed by atoms with Gasteiger partial charge in [-0.2, -0.15) is 13.2 Å². The number of benzene rings is 3. The van der Waals surface area contributed by atoms with E-state index in [0.717, 1.165) is 0 Å². The quantitative estimate of drug-likeness (QED) is 0.132. The highest BCUT2D eigenvalue weighted by molar-refractivity contribution is 6.30. The molecule has 0 spiro atoms. The maximum atomic E-state index is 13.4. The number of halogens is 4. The molecule has 192 valence electrons. The Labute approximate surface area is 217 Å². The molecule has 0 aliphatic carbocycles. The first-order valence-corrected chi connectivity index (χ1v) is 11.3. The van der Waals surface area contributed by atoms with Crippen molar-refractivity contribution in [2.24, 2.45) is 0 Å². The molecule has 0 amide bonds. The molecular weight excluding hydrogens is 525 g/mol. The van der Waals surface area contributed by atoms with Crippen molar-refractivity contribution in [1.29, 1.82) is 0 Å². The van der Waals surface area contributed by atoms with Crippen LogP contribution in [0.4, 0.5) is 24.5 Å². The Bertz CT molecular complexity index is 1660. The van der Waals surface area contributed by atoms with Crippen molar-refractivity contribution in [3.8, 4) is 0 Å². The second kappa shape index (κ2) is 10.8. The van der Waals surface area contributed by atoms with Crippen molar-refractivity contribution in [3.63, 3.8) is 0 Å². The topological polar surface area (TPSA) is 112 Å². The van der Waals surface area contributed by atoms with Gasteiger partial charge in [0, 0.05) is 6.42 Å². The molecule has 8 nitrogen and oxygen atoms in total. The van der Waals surface area contributed by atoms with E-state index in [-0.39, 0.29) is 28.2 Å². The minimum atomic E-state index is -4.78. The van der Waals surface area contributed by atoms with E-state index in [1.54, 1.807) is 54.6 Å². The molecule has 0 bridgehead atoms. The van der Waals surface area contributed by atoms with Gasteiger partial charge in [0.05, 0.1) is 43.3 Å². The van der Waals surface area contributed by atoms with Crippen LogP contribution in [0.5, 0.6) is 0 Å². The Balaban J connectivity index is 0.000000204. The first-order valence-electron chi connectivity index (χ1n) is 10.9. The molecule has 0 saturated carbocycles. The van der Waals surface area contributed by atoms with E-state index in [0.29, 0.717) is 16.5 Å².